The van der Waals surface area contributed by atoms with Gasteiger partial charge >= 0.3 is 5.97 Å². The molecule has 0 bridgehead atoms. The second-order valence-electron chi connectivity index (χ2n) is 8.26. The number of rotatable bonds is 10. The standard InChI is InChI=1S/C19H29N6O8PS.H3N/c1-5-29-19-32-13-10(6-30-34(27,35)24-11(9(2)3)18(26)28-4)31-17(14(13)33-19)25-8-23-12-15(20)21-7-22-16(12)25;/h7-11,13-14,17,19H,5-6H2,1-4H3,(H2,20,21,22)(H2,24,27,35);1H3/t10-,11+,13-,14-,17-,19?,34?;/m1./s1. The van der Waals surface area contributed by atoms with E-state index in [9.17, 15) is 9.69 Å². The van der Waals surface area contributed by atoms with E-state index < -0.39 is 49.7 Å². The van der Waals surface area contributed by atoms with Gasteiger partial charge in [0, 0.05) is 6.61 Å². The average molecular weight is 550 g/mol. The maximum absolute atomic E-state index is 13.0. The summed E-state index contributed by atoms with van der Waals surface area (Å²) in [4.78, 5) is 37.5. The Bertz CT molecular complexity index is 1110. The number of nitrogen functional groups attached to an aromatic ring is 1. The first-order valence-corrected chi connectivity index (χ1v) is 13.6. The van der Waals surface area contributed by atoms with E-state index in [4.69, 9.17) is 45.7 Å². The van der Waals surface area contributed by atoms with E-state index in [0.717, 1.165) is 0 Å². The first-order chi connectivity index (χ1) is 16.6. The molecule has 202 valence electrons. The van der Waals surface area contributed by atoms with Gasteiger partial charge in [-0.3, -0.25) is 14.4 Å². The number of carbonyl (C=O) groups excluding carboxylic acids is 1. The van der Waals surface area contributed by atoms with Crippen LogP contribution in [0.15, 0.2) is 12.7 Å². The van der Waals surface area contributed by atoms with Crippen LogP contribution in [-0.2, 0) is 44.8 Å². The molecule has 7 N–H and O–H groups in total. The normalized spacial score (nSPS) is 28.0. The molecule has 0 radical (unpaired) electrons. The molecule has 4 heterocycles. The molecule has 2 aromatic heterocycles. The molecule has 0 amide bonds. The minimum Gasteiger partial charge on any atom is -0.789 e. The molecular formula is C19H32N7O8PS. The lowest BCUT2D eigenvalue weighted by molar-refractivity contribution is -0.266. The highest BCUT2D eigenvalue weighted by atomic mass is 32.5. The first-order valence-electron chi connectivity index (χ1n) is 11.0. The maximum atomic E-state index is 13.0. The van der Waals surface area contributed by atoms with Crippen LogP contribution in [0.5, 0.6) is 0 Å². The first kappa shape index (κ1) is 28.7. The van der Waals surface area contributed by atoms with E-state index in [0.29, 0.717) is 17.8 Å². The molecule has 4 rings (SSSR count). The Hall–Kier alpha value is -1.85. The molecule has 0 aromatic carbocycles. The summed E-state index contributed by atoms with van der Waals surface area (Å²) in [5, 5.41) is 2.60. The smallest absolute Gasteiger partial charge is 0.323 e. The monoisotopic (exact) mass is 549 g/mol. The fraction of sp³-hybridized carbons (Fsp3) is 0.684. The van der Waals surface area contributed by atoms with Crippen LogP contribution in [0.1, 0.15) is 27.0 Å². The van der Waals surface area contributed by atoms with E-state index in [-0.39, 0.29) is 24.5 Å². The van der Waals surface area contributed by atoms with Crippen LogP contribution in [0.2, 0.25) is 0 Å². The number of nitrogens with one attached hydrogen (secondary N) is 1. The summed E-state index contributed by atoms with van der Waals surface area (Å²) >= 11 is 5.13. The van der Waals surface area contributed by atoms with Crippen molar-refractivity contribution in [2.45, 2.75) is 57.8 Å². The van der Waals surface area contributed by atoms with E-state index in [2.05, 4.69) is 20.0 Å². The van der Waals surface area contributed by atoms with Crippen molar-refractivity contribution in [3.8, 4) is 0 Å². The Morgan fingerprint density at radius 3 is 2.69 bits per heavy atom. The van der Waals surface area contributed by atoms with Crippen molar-refractivity contribution in [2.75, 3.05) is 26.1 Å². The zero-order valence-corrected chi connectivity index (χ0v) is 22.3. The molecule has 0 aliphatic carbocycles. The predicted molar refractivity (Wildman–Crippen MR) is 129 cm³/mol. The molecular weight excluding hydrogens is 517 g/mol. The van der Waals surface area contributed by atoms with Crippen LogP contribution in [0, 0.1) is 5.92 Å². The largest absolute Gasteiger partial charge is 0.789 e. The lowest BCUT2D eigenvalue weighted by Crippen LogP contribution is -2.43. The van der Waals surface area contributed by atoms with Crippen molar-refractivity contribution in [3.05, 3.63) is 12.7 Å². The zero-order chi connectivity index (χ0) is 25.3. The fourth-order valence-corrected chi connectivity index (χ4v) is 5.60. The second kappa shape index (κ2) is 11.7. The molecule has 15 nitrogen and oxygen atoms in total. The van der Waals surface area contributed by atoms with Crippen LogP contribution >= 0.6 is 6.64 Å². The Balaban J connectivity index is 0.00000361. The van der Waals surface area contributed by atoms with Crippen LogP contribution in [0.25, 0.3) is 11.2 Å². The summed E-state index contributed by atoms with van der Waals surface area (Å²) in [6.07, 6.45) is 0.120. The summed E-state index contributed by atoms with van der Waals surface area (Å²) in [5.74, 6) is -0.602. The minimum absolute atomic E-state index is 0. The third-order valence-corrected chi connectivity index (χ3v) is 7.33. The quantitative estimate of drug-likeness (QED) is 0.266. The van der Waals surface area contributed by atoms with E-state index in [1.807, 2.05) is 6.92 Å². The van der Waals surface area contributed by atoms with Gasteiger partial charge in [-0.25, -0.2) is 15.0 Å². The Labute approximate surface area is 212 Å². The molecule has 2 aliphatic rings. The number of hydrogen-bond donors (Lipinski definition) is 3. The van der Waals surface area contributed by atoms with Gasteiger partial charge in [-0.15, -0.1) is 0 Å². The van der Waals surface area contributed by atoms with Gasteiger partial charge in [0.2, 0.25) is 0 Å². The average Bonchev–Trinajstić information content (AvgIpc) is 3.50. The Kier molecular flexibility index (Phi) is 9.32. The number of nitrogens with zero attached hydrogens (tertiary/aromatic N) is 4. The van der Waals surface area contributed by atoms with Crippen LogP contribution in [-0.4, -0.2) is 76.6 Å². The number of fused-ring (bicyclic) bond motifs is 2. The maximum Gasteiger partial charge on any atom is 0.323 e. The van der Waals surface area contributed by atoms with Crippen LogP contribution in [0.4, 0.5) is 5.82 Å². The number of hydrogen-bond acceptors (Lipinski definition) is 13. The number of carbonyl (C=O) groups is 1. The molecule has 17 heteroatoms. The summed E-state index contributed by atoms with van der Waals surface area (Å²) in [7, 11) is 1.24. The van der Waals surface area contributed by atoms with Gasteiger partial charge in [0.05, 0.1) is 26.7 Å². The van der Waals surface area contributed by atoms with Crippen molar-refractivity contribution in [1.29, 1.82) is 0 Å². The molecule has 36 heavy (non-hydrogen) atoms. The van der Waals surface area contributed by atoms with Gasteiger partial charge in [-0.05, 0) is 12.8 Å². The number of nitrogens with two attached hydrogens (primary N) is 1. The molecule has 2 saturated heterocycles. The third-order valence-electron chi connectivity index (χ3n) is 5.61. The van der Waals surface area contributed by atoms with Crippen molar-refractivity contribution in [2.24, 2.45) is 5.92 Å². The number of quaternary nitrogens is 1. The number of imidazole rings is 1. The SMILES string of the molecule is CCOC1O[C@@H]2[C@H](O1)[C@@H](COP([O-])(=S)N[C@H](C(=O)OC)C(C)C)O[C@H]2n1cnc2c(N)ncnc21.[NH4+]. The van der Waals surface area contributed by atoms with Crippen molar-refractivity contribution in [1.82, 2.24) is 30.8 Å². The summed E-state index contributed by atoms with van der Waals surface area (Å²) in [6, 6.07) is -0.899. The van der Waals surface area contributed by atoms with Crippen molar-refractivity contribution >= 4 is 41.4 Å². The Morgan fingerprint density at radius 1 is 1.31 bits per heavy atom. The van der Waals surface area contributed by atoms with Gasteiger partial charge in [-0.2, -0.15) is 0 Å². The third kappa shape index (κ3) is 5.83. The predicted octanol–water partition coefficient (Wildman–Crippen LogP) is 0.175. The van der Waals surface area contributed by atoms with Gasteiger partial charge in [-0.1, -0.05) is 25.7 Å². The number of methoxy groups -OCH3 is 1. The van der Waals surface area contributed by atoms with E-state index in [1.165, 1.54) is 19.8 Å². The summed E-state index contributed by atoms with van der Waals surface area (Å²) < 4.78 is 35.4. The Morgan fingerprint density at radius 2 is 2.03 bits per heavy atom. The molecule has 2 aromatic rings. The molecule has 0 saturated carbocycles. The zero-order valence-electron chi connectivity index (χ0n) is 20.6. The molecule has 2 aliphatic heterocycles. The van der Waals surface area contributed by atoms with Crippen molar-refractivity contribution < 1.29 is 37.9 Å². The molecule has 0 spiro atoms. The molecule has 2 unspecified atom stereocenters. The van der Waals surface area contributed by atoms with Crippen LogP contribution in [0.3, 0.4) is 0 Å². The van der Waals surface area contributed by atoms with Gasteiger partial charge in [0.25, 0.3) is 6.48 Å². The fourth-order valence-electron chi connectivity index (χ4n) is 3.92. The highest BCUT2D eigenvalue weighted by Gasteiger charge is 2.54. The lowest BCUT2D eigenvalue weighted by Gasteiger charge is -2.34. The number of aromatic nitrogens is 4. The highest BCUT2D eigenvalue weighted by Crippen LogP contribution is 2.43. The number of esters is 1. The van der Waals surface area contributed by atoms with Crippen LogP contribution < -0.4 is 21.9 Å². The van der Waals surface area contributed by atoms with Gasteiger partial charge in [0.15, 0.2) is 17.7 Å². The molecule has 2 fully saturated rings. The van der Waals surface area contributed by atoms with Crippen molar-refractivity contribution in [3.63, 3.8) is 0 Å². The highest BCUT2D eigenvalue weighted by molar-refractivity contribution is 8.07. The topological polar surface area (TPSA) is 214 Å². The van der Waals surface area contributed by atoms with Gasteiger partial charge in [0.1, 0.15) is 36.2 Å². The number of anilines is 1. The lowest BCUT2D eigenvalue weighted by atomic mass is 10.1. The summed E-state index contributed by atoms with van der Waals surface area (Å²) in [5.41, 5.74) is 6.76. The second-order valence-corrected chi connectivity index (χ2v) is 11.2. The number of ether oxygens (including phenoxy) is 5. The van der Waals surface area contributed by atoms with Gasteiger partial charge < -0.3 is 45.0 Å². The minimum atomic E-state index is -3.84. The van der Waals surface area contributed by atoms with E-state index >= 15 is 0 Å². The summed E-state index contributed by atoms with van der Waals surface area (Å²) in [6.45, 7) is 0.739. The van der Waals surface area contributed by atoms with E-state index in [1.54, 1.807) is 18.4 Å². The molecule has 7 atom stereocenters.